The zero-order valence-electron chi connectivity index (χ0n) is 25.6. The Kier molecular flexibility index (Phi) is 6.33. The largest absolute Gasteiger partial charge is 0.308 e. The third-order valence-electron chi connectivity index (χ3n) is 9.13. The Morgan fingerprint density at radius 3 is 1.90 bits per heavy atom. The van der Waals surface area contributed by atoms with E-state index in [1.165, 1.54) is 11.2 Å². The van der Waals surface area contributed by atoms with E-state index in [0.29, 0.717) is 22.5 Å². The lowest BCUT2D eigenvalue weighted by atomic mass is 9.97. The Labute approximate surface area is 276 Å². The summed E-state index contributed by atoms with van der Waals surface area (Å²) in [5.74, 6) is -0.696. The highest BCUT2D eigenvalue weighted by Crippen LogP contribution is 2.42. The van der Waals surface area contributed by atoms with E-state index in [1.54, 1.807) is 18.5 Å². The summed E-state index contributed by atoms with van der Waals surface area (Å²) >= 11 is 0. The van der Waals surface area contributed by atoms with E-state index in [2.05, 4.69) is 63.1 Å². The predicted octanol–water partition coefficient (Wildman–Crippen LogP) is 9.38. The van der Waals surface area contributed by atoms with Gasteiger partial charge in [-0.2, -0.15) is 0 Å². The summed E-state index contributed by atoms with van der Waals surface area (Å²) in [6.07, 6.45) is 5.09. The van der Waals surface area contributed by atoms with Crippen molar-refractivity contribution in [1.82, 2.24) is 14.5 Å². The van der Waals surface area contributed by atoms with Crippen molar-refractivity contribution in [2.24, 2.45) is 0 Å². The number of aromatic nitrogens is 3. The second-order valence-corrected chi connectivity index (χ2v) is 11.8. The molecule has 0 unspecified atom stereocenters. The number of rotatable bonds is 5. The van der Waals surface area contributed by atoms with Crippen molar-refractivity contribution >= 4 is 39.3 Å². The molecule has 8 aromatic rings. The Hall–Kier alpha value is -6.66. The van der Waals surface area contributed by atoms with E-state index >= 15 is 0 Å². The van der Waals surface area contributed by atoms with E-state index in [9.17, 15) is 9.59 Å². The van der Waals surface area contributed by atoms with Gasteiger partial charge in [-0.05, 0) is 58.7 Å². The number of hydrogen-bond acceptors (Lipinski definition) is 4. The molecule has 1 aliphatic heterocycles. The second-order valence-electron chi connectivity index (χ2n) is 11.8. The first-order valence-electron chi connectivity index (χ1n) is 15.7. The monoisotopic (exact) mass is 618 g/mol. The SMILES string of the molecule is O=C1c2cccc(-n3c4ccccc4c4ccc(-c5cncnc5)cc43)c2C(=O)N1c1ccc(-c2ccccc2)cc1-c1ccccc1. The standard InChI is InChI=1S/C42H26N4O2/c47-41-34-15-9-17-38(45-36-16-8-7-14-32(36)33-20-18-30(23-39(33)45)31-24-43-26-44-25-31)40(34)42(48)46(41)37-21-19-29(27-10-3-1-4-11-27)22-35(37)28-12-5-2-6-13-28/h1-26H. The summed E-state index contributed by atoms with van der Waals surface area (Å²) in [6, 6.07) is 45.9. The molecule has 6 aromatic carbocycles. The summed E-state index contributed by atoms with van der Waals surface area (Å²) in [7, 11) is 0. The molecule has 0 saturated heterocycles. The van der Waals surface area contributed by atoms with Crippen LogP contribution in [-0.2, 0) is 0 Å². The Balaban J connectivity index is 1.24. The van der Waals surface area contributed by atoms with Crippen molar-refractivity contribution in [1.29, 1.82) is 0 Å². The van der Waals surface area contributed by atoms with E-state index in [1.807, 2.05) is 84.9 Å². The smallest absolute Gasteiger partial charge is 0.268 e. The summed E-state index contributed by atoms with van der Waals surface area (Å²) in [6.45, 7) is 0. The normalized spacial score (nSPS) is 12.6. The van der Waals surface area contributed by atoms with Crippen LogP contribution in [0.3, 0.4) is 0 Å². The summed E-state index contributed by atoms with van der Waals surface area (Å²) in [5, 5.41) is 2.10. The fourth-order valence-corrected chi connectivity index (χ4v) is 6.92. The van der Waals surface area contributed by atoms with Crippen molar-refractivity contribution in [2.75, 3.05) is 4.90 Å². The molecule has 6 nitrogen and oxygen atoms in total. The van der Waals surface area contributed by atoms with Crippen LogP contribution in [0.15, 0.2) is 158 Å². The number of carbonyl (C=O) groups is 2. The first-order valence-corrected chi connectivity index (χ1v) is 15.7. The van der Waals surface area contributed by atoms with Gasteiger partial charge in [-0.3, -0.25) is 9.59 Å². The van der Waals surface area contributed by atoms with Gasteiger partial charge in [0, 0.05) is 34.3 Å². The number of amides is 2. The van der Waals surface area contributed by atoms with Crippen LogP contribution in [0.4, 0.5) is 5.69 Å². The van der Waals surface area contributed by atoms with Gasteiger partial charge in [-0.25, -0.2) is 14.9 Å². The molecule has 0 aliphatic carbocycles. The van der Waals surface area contributed by atoms with E-state index < -0.39 is 0 Å². The molecule has 0 bridgehead atoms. The molecule has 0 atom stereocenters. The van der Waals surface area contributed by atoms with Crippen LogP contribution < -0.4 is 4.90 Å². The molecule has 3 heterocycles. The van der Waals surface area contributed by atoms with Crippen LogP contribution in [0.25, 0.3) is 60.9 Å². The van der Waals surface area contributed by atoms with Crippen LogP contribution in [0, 0.1) is 0 Å². The highest BCUT2D eigenvalue weighted by atomic mass is 16.2. The van der Waals surface area contributed by atoms with Gasteiger partial charge in [0.15, 0.2) is 0 Å². The quantitative estimate of drug-likeness (QED) is 0.180. The molecule has 0 radical (unpaired) electrons. The predicted molar refractivity (Wildman–Crippen MR) is 190 cm³/mol. The molecule has 226 valence electrons. The molecular formula is C42H26N4O2. The number of benzene rings is 6. The van der Waals surface area contributed by atoms with Gasteiger partial charge in [-0.15, -0.1) is 0 Å². The maximum atomic E-state index is 14.7. The van der Waals surface area contributed by atoms with Gasteiger partial charge in [0.05, 0.1) is 33.5 Å². The summed E-state index contributed by atoms with van der Waals surface area (Å²) < 4.78 is 2.10. The van der Waals surface area contributed by atoms with E-state index in [0.717, 1.165) is 55.2 Å². The number of para-hydroxylation sites is 1. The lowest BCUT2D eigenvalue weighted by molar-refractivity contribution is 0.0926. The van der Waals surface area contributed by atoms with Crippen molar-refractivity contribution < 1.29 is 9.59 Å². The minimum atomic E-state index is -0.353. The minimum Gasteiger partial charge on any atom is -0.308 e. The van der Waals surface area contributed by atoms with Crippen LogP contribution in [0.1, 0.15) is 20.7 Å². The lowest BCUT2D eigenvalue weighted by Crippen LogP contribution is -2.30. The fraction of sp³-hybridized carbons (Fsp3) is 0. The van der Waals surface area contributed by atoms with E-state index in [-0.39, 0.29) is 11.8 Å². The lowest BCUT2D eigenvalue weighted by Gasteiger charge is -2.20. The van der Waals surface area contributed by atoms with Crippen molar-refractivity contribution in [2.45, 2.75) is 0 Å². The Morgan fingerprint density at radius 2 is 1.10 bits per heavy atom. The van der Waals surface area contributed by atoms with Crippen molar-refractivity contribution in [3.63, 3.8) is 0 Å². The number of fused-ring (bicyclic) bond motifs is 4. The zero-order valence-corrected chi connectivity index (χ0v) is 25.6. The molecule has 2 amide bonds. The highest BCUT2D eigenvalue weighted by molar-refractivity contribution is 6.36. The summed E-state index contributed by atoms with van der Waals surface area (Å²) in [4.78, 5) is 38.8. The zero-order chi connectivity index (χ0) is 32.2. The number of carbonyl (C=O) groups excluding carboxylic acids is 2. The number of nitrogens with zero attached hydrogens (tertiary/aromatic N) is 4. The third-order valence-corrected chi connectivity index (χ3v) is 9.13. The molecular weight excluding hydrogens is 592 g/mol. The topological polar surface area (TPSA) is 68.1 Å². The average Bonchev–Trinajstić information content (AvgIpc) is 3.62. The summed E-state index contributed by atoms with van der Waals surface area (Å²) in [5.41, 5.74) is 9.44. The van der Waals surface area contributed by atoms with Crippen LogP contribution in [-0.4, -0.2) is 26.3 Å². The first kappa shape index (κ1) is 27.6. The van der Waals surface area contributed by atoms with Crippen LogP contribution in [0.5, 0.6) is 0 Å². The molecule has 6 heteroatoms. The average molecular weight is 619 g/mol. The molecule has 0 N–H and O–H groups in total. The molecule has 0 saturated carbocycles. The van der Waals surface area contributed by atoms with Crippen molar-refractivity contribution in [3.8, 4) is 39.1 Å². The van der Waals surface area contributed by atoms with Gasteiger partial charge in [0.25, 0.3) is 11.8 Å². The third kappa shape index (κ3) is 4.27. The number of imide groups is 1. The fourth-order valence-electron chi connectivity index (χ4n) is 6.92. The van der Waals surface area contributed by atoms with Gasteiger partial charge < -0.3 is 4.57 Å². The van der Waals surface area contributed by atoms with Crippen LogP contribution in [0.2, 0.25) is 0 Å². The minimum absolute atomic E-state index is 0.343. The molecule has 2 aromatic heterocycles. The second kappa shape index (κ2) is 11.0. The van der Waals surface area contributed by atoms with Gasteiger partial charge >= 0.3 is 0 Å². The molecule has 48 heavy (non-hydrogen) atoms. The van der Waals surface area contributed by atoms with Gasteiger partial charge in [0.1, 0.15) is 6.33 Å². The molecule has 0 spiro atoms. The molecule has 0 fully saturated rings. The maximum absolute atomic E-state index is 14.7. The number of hydrogen-bond donors (Lipinski definition) is 0. The number of anilines is 1. The maximum Gasteiger partial charge on any atom is 0.268 e. The van der Waals surface area contributed by atoms with E-state index in [4.69, 9.17) is 0 Å². The highest BCUT2D eigenvalue weighted by Gasteiger charge is 2.40. The Bertz CT molecular complexity index is 2540. The van der Waals surface area contributed by atoms with Crippen LogP contribution >= 0.6 is 0 Å². The Morgan fingerprint density at radius 1 is 0.438 bits per heavy atom. The van der Waals surface area contributed by atoms with Gasteiger partial charge in [0.2, 0.25) is 0 Å². The molecule has 9 rings (SSSR count). The van der Waals surface area contributed by atoms with Crippen molar-refractivity contribution in [3.05, 3.63) is 169 Å². The first-order chi connectivity index (χ1) is 23.7. The van der Waals surface area contributed by atoms with Gasteiger partial charge in [-0.1, -0.05) is 103 Å². The molecule has 1 aliphatic rings.